The maximum Gasteiger partial charge on any atom is 0.235 e. The van der Waals surface area contributed by atoms with Gasteiger partial charge in [-0.05, 0) is 88.1 Å². The molecule has 3 heterocycles. The van der Waals surface area contributed by atoms with Crippen LogP contribution in [0, 0.1) is 33.5 Å². The molecule has 0 atom stereocenters. The predicted octanol–water partition coefficient (Wildman–Crippen LogP) is 5.17. The first-order valence-corrected chi connectivity index (χ1v) is 14.3. The molecule has 1 aliphatic carbocycles. The average molecular weight is 563 g/mol. The zero-order valence-electron chi connectivity index (χ0n) is 22.3. The zero-order chi connectivity index (χ0) is 28.3. The van der Waals surface area contributed by atoms with E-state index in [2.05, 4.69) is 24.9 Å². The number of ether oxygens (including phenoxy) is 1. The maximum atomic E-state index is 14.0. The number of halogens is 1. The highest BCUT2D eigenvalue weighted by Gasteiger charge is 2.36. The molecule has 1 fully saturated rings. The van der Waals surface area contributed by atoms with Gasteiger partial charge in [-0.3, -0.25) is 14.6 Å². The van der Waals surface area contributed by atoms with Gasteiger partial charge in [-0.15, -0.1) is 0 Å². The van der Waals surface area contributed by atoms with E-state index in [1.54, 1.807) is 62.7 Å². The van der Waals surface area contributed by atoms with Crippen molar-refractivity contribution in [1.82, 2.24) is 24.7 Å². The molecular weight excluding hydrogens is 535 g/mol. The number of anilines is 1. The highest BCUT2D eigenvalue weighted by Crippen LogP contribution is 2.37. The van der Waals surface area contributed by atoms with E-state index in [1.807, 2.05) is 0 Å². The summed E-state index contributed by atoms with van der Waals surface area (Å²) in [4.78, 5) is 20.7. The molecule has 10 nitrogen and oxygen atoms in total. The molecule has 1 aliphatic rings. The topological polar surface area (TPSA) is 135 Å². The number of nitrogens with one attached hydrogen (secondary N) is 3. The highest BCUT2D eigenvalue weighted by molar-refractivity contribution is 7.93. The summed E-state index contributed by atoms with van der Waals surface area (Å²) in [5.74, 6) is 1.52. The number of nitrogens with zero attached hydrogens (tertiary/aromatic N) is 3. The van der Waals surface area contributed by atoms with Crippen LogP contribution in [0.3, 0.4) is 0 Å². The molecule has 5 aromatic rings. The molecule has 0 radical (unpaired) electrons. The molecule has 0 amide bonds. The number of aryl methyl sites for hydroxylation is 4. The number of hydrogen-bond donors (Lipinski definition) is 3. The van der Waals surface area contributed by atoms with Crippen LogP contribution >= 0.6 is 0 Å². The molecule has 3 aromatic heterocycles. The van der Waals surface area contributed by atoms with Gasteiger partial charge in [0.15, 0.2) is 11.6 Å². The van der Waals surface area contributed by atoms with Crippen molar-refractivity contribution in [1.29, 1.82) is 0 Å². The van der Waals surface area contributed by atoms with Crippen LogP contribution in [0.1, 0.15) is 35.4 Å². The lowest BCUT2D eigenvalue weighted by atomic mass is 10.1. The number of hydrogen-bond acceptors (Lipinski definition) is 6. The van der Waals surface area contributed by atoms with Gasteiger partial charge in [0, 0.05) is 11.8 Å². The first-order chi connectivity index (χ1) is 19.0. The van der Waals surface area contributed by atoms with Crippen LogP contribution in [-0.4, -0.2) is 38.4 Å². The molecule has 3 N–H and O–H groups in total. The van der Waals surface area contributed by atoms with Crippen LogP contribution in [0.25, 0.3) is 28.2 Å². The zero-order valence-corrected chi connectivity index (χ0v) is 23.1. The SMILES string of the molecule is Cc1nc(-c2cc3c([nH]2)c(=O)c(C)cn3-c2cc(NS(=O)(=O)C3CC3)ccc2Oc2c(C)cc(F)cc2C)n[nH]1. The van der Waals surface area contributed by atoms with Crippen molar-refractivity contribution in [3.05, 3.63) is 81.2 Å². The molecule has 12 heteroatoms. The summed E-state index contributed by atoms with van der Waals surface area (Å²) in [6.07, 6.45) is 2.93. The Morgan fingerprint density at radius 1 is 1.05 bits per heavy atom. The van der Waals surface area contributed by atoms with E-state index in [9.17, 15) is 17.6 Å². The first kappa shape index (κ1) is 25.8. The Balaban J connectivity index is 1.56. The van der Waals surface area contributed by atoms with E-state index >= 15 is 0 Å². The molecule has 6 rings (SSSR count). The average Bonchev–Trinajstić information content (AvgIpc) is 3.53. The predicted molar refractivity (Wildman–Crippen MR) is 150 cm³/mol. The van der Waals surface area contributed by atoms with Crippen molar-refractivity contribution >= 4 is 26.7 Å². The van der Waals surface area contributed by atoms with E-state index in [0.717, 1.165) is 0 Å². The van der Waals surface area contributed by atoms with E-state index in [4.69, 9.17) is 4.74 Å². The van der Waals surface area contributed by atoms with Crippen LogP contribution in [0.15, 0.2) is 47.4 Å². The summed E-state index contributed by atoms with van der Waals surface area (Å²) < 4.78 is 50.3. The van der Waals surface area contributed by atoms with Crippen LogP contribution < -0.4 is 14.9 Å². The Kier molecular flexibility index (Phi) is 6.02. The number of rotatable bonds is 7. The smallest absolute Gasteiger partial charge is 0.235 e. The number of aromatic amines is 2. The lowest BCUT2D eigenvalue weighted by Gasteiger charge is -2.19. The maximum absolute atomic E-state index is 14.0. The Morgan fingerprint density at radius 3 is 2.42 bits per heavy atom. The normalized spacial score (nSPS) is 13.6. The Hall–Kier alpha value is -4.45. The molecule has 0 spiro atoms. The van der Waals surface area contributed by atoms with Crippen molar-refractivity contribution in [3.8, 4) is 28.7 Å². The molecule has 2 aromatic carbocycles. The highest BCUT2D eigenvalue weighted by atomic mass is 32.2. The quantitative estimate of drug-likeness (QED) is 0.250. The van der Waals surface area contributed by atoms with Crippen molar-refractivity contribution < 1.29 is 17.5 Å². The fourth-order valence-corrected chi connectivity index (χ4v) is 6.14. The van der Waals surface area contributed by atoms with Gasteiger partial charge in [0.25, 0.3) is 0 Å². The summed E-state index contributed by atoms with van der Waals surface area (Å²) in [6, 6.07) is 9.49. The van der Waals surface area contributed by atoms with E-state index in [1.165, 1.54) is 12.1 Å². The second kappa shape index (κ2) is 9.33. The molecular formula is C28H27FN6O4S. The summed E-state index contributed by atoms with van der Waals surface area (Å²) in [7, 11) is -3.53. The molecule has 1 saturated carbocycles. The van der Waals surface area contributed by atoms with Gasteiger partial charge in [0.1, 0.15) is 22.9 Å². The summed E-state index contributed by atoms with van der Waals surface area (Å²) in [5.41, 5.74) is 3.69. The number of benzene rings is 2. The van der Waals surface area contributed by atoms with Crippen LogP contribution in [0.4, 0.5) is 10.1 Å². The van der Waals surface area contributed by atoms with Crippen LogP contribution in [-0.2, 0) is 10.0 Å². The van der Waals surface area contributed by atoms with Crippen molar-refractivity contribution in [2.45, 2.75) is 45.8 Å². The van der Waals surface area contributed by atoms with E-state index < -0.39 is 15.3 Å². The third kappa shape index (κ3) is 4.64. The van der Waals surface area contributed by atoms with Crippen LogP contribution in [0.5, 0.6) is 11.5 Å². The van der Waals surface area contributed by atoms with Crippen molar-refractivity contribution in [2.24, 2.45) is 0 Å². The second-order valence-electron chi connectivity index (χ2n) is 10.2. The van der Waals surface area contributed by atoms with Crippen molar-refractivity contribution in [3.63, 3.8) is 0 Å². The fraction of sp³-hybridized carbons (Fsp3) is 0.250. The van der Waals surface area contributed by atoms with E-state index in [-0.39, 0.29) is 11.2 Å². The minimum atomic E-state index is -3.53. The van der Waals surface area contributed by atoms with Gasteiger partial charge in [-0.25, -0.2) is 17.8 Å². The van der Waals surface area contributed by atoms with Crippen LogP contribution in [0.2, 0.25) is 0 Å². The summed E-state index contributed by atoms with van der Waals surface area (Å²) in [5, 5.41) is 6.59. The number of pyridine rings is 1. The van der Waals surface area contributed by atoms with Gasteiger partial charge in [-0.1, -0.05) is 0 Å². The molecule has 0 aliphatic heterocycles. The van der Waals surface area contributed by atoms with Gasteiger partial charge >= 0.3 is 0 Å². The molecule has 206 valence electrons. The molecule has 40 heavy (non-hydrogen) atoms. The molecule has 0 unspecified atom stereocenters. The lowest BCUT2D eigenvalue weighted by molar-refractivity contribution is 0.470. The van der Waals surface area contributed by atoms with Gasteiger partial charge in [0.05, 0.1) is 27.8 Å². The Labute approximate surface area is 229 Å². The number of aromatic nitrogens is 5. The lowest BCUT2D eigenvalue weighted by Crippen LogP contribution is -2.17. The Morgan fingerprint density at radius 2 is 1.77 bits per heavy atom. The van der Waals surface area contributed by atoms with Gasteiger partial charge in [0.2, 0.25) is 15.5 Å². The van der Waals surface area contributed by atoms with E-state index in [0.29, 0.717) is 80.8 Å². The number of fused-ring (bicyclic) bond motifs is 1. The third-order valence-corrected chi connectivity index (χ3v) is 8.75. The minimum Gasteiger partial charge on any atom is -0.455 e. The number of H-pyrrole nitrogens is 2. The molecule has 0 saturated heterocycles. The standard InChI is InChI=1S/C28H27FN6O4S/c1-14-9-18(29)10-15(2)27(14)39-24-8-5-19(34-40(37,38)20-6-7-20)11-22(24)35-13-16(3)26(36)25-23(35)12-21(31-25)28-30-17(4)32-33-28/h5,8-13,20,31,34H,6-7H2,1-4H3,(H,30,32,33). The third-order valence-electron chi connectivity index (χ3n) is 6.88. The summed E-state index contributed by atoms with van der Waals surface area (Å²) in [6.45, 7) is 6.98. The first-order valence-electron chi connectivity index (χ1n) is 12.7. The fourth-order valence-electron chi connectivity index (χ4n) is 4.76. The Bertz CT molecular complexity index is 1950. The number of sulfonamides is 1. The van der Waals surface area contributed by atoms with Gasteiger partial charge in [-0.2, -0.15) is 5.10 Å². The molecule has 0 bridgehead atoms. The second-order valence-corrected chi connectivity index (χ2v) is 12.2. The van der Waals surface area contributed by atoms with Crippen molar-refractivity contribution in [2.75, 3.05) is 4.72 Å². The van der Waals surface area contributed by atoms with Gasteiger partial charge < -0.3 is 14.3 Å². The minimum absolute atomic E-state index is 0.192. The largest absolute Gasteiger partial charge is 0.455 e. The summed E-state index contributed by atoms with van der Waals surface area (Å²) >= 11 is 0. The monoisotopic (exact) mass is 562 g/mol.